The summed E-state index contributed by atoms with van der Waals surface area (Å²) >= 11 is 0. The Morgan fingerprint density at radius 1 is 1.05 bits per heavy atom. The van der Waals surface area contributed by atoms with Gasteiger partial charge in [0.15, 0.2) is 0 Å². The van der Waals surface area contributed by atoms with Gasteiger partial charge in [0, 0.05) is 25.4 Å². The van der Waals surface area contributed by atoms with E-state index >= 15 is 0 Å². The Labute approximate surface area is 235 Å². The van der Waals surface area contributed by atoms with Crippen LogP contribution in [0.15, 0.2) is 42.3 Å². The van der Waals surface area contributed by atoms with Crippen molar-refractivity contribution in [2.45, 2.75) is 91.6 Å². The van der Waals surface area contributed by atoms with Gasteiger partial charge in [-0.2, -0.15) is 0 Å². The molecule has 1 aromatic heterocycles. The van der Waals surface area contributed by atoms with E-state index in [0.717, 1.165) is 63.5 Å². The van der Waals surface area contributed by atoms with Gasteiger partial charge in [-0.15, -0.1) is 0 Å². The van der Waals surface area contributed by atoms with E-state index < -0.39 is 0 Å². The minimum atomic E-state index is -0.310. The summed E-state index contributed by atoms with van der Waals surface area (Å²) in [7, 11) is 0. The van der Waals surface area contributed by atoms with E-state index in [1.54, 1.807) is 5.57 Å². The van der Waals surface area contributed by atoms with Crippen LogP contribution >= 0.6 is 0 Å². The van der Waals surface area contributed by atoms with Crippen LogP contribution in [0.25, 0.3) is 5.57 Å². The number of pyridine rings is 1. The first-order valence-corrected chi connectivity index (χ1v) is 15.7. The van der Waals surface area contributed by atoms with Crippen molar-refractivity contribution in [1.82, 2.24) is 9.88 Å². The number of allylic oxidation sites excluding steroid dienone is 3. The summed E-state index contributed by atoms with van der Waals surface area (Å²) in [4.78, 5) is 19.5. The summed E-state index contributed by atoms with van der Waals surface area (Å²) in [5, 5.41) is 0. The summed E-state index contributed by atoms with van der Waals surface area (Å²) in [6, 6.07) is 4.30. The third kappa shape index (κ3) is 5.25. The van der Waals surface area contributed by atoms with E-state index in [9.17, 15) is 9.18 Å². The average Bonchev–Trinajstić information content (AvgIpc) is 3.32. The number of carbonyl (C=O) groups excluding carboxylic acids is 1. The molecule has 4 aliphatic carbocycles. The monoisotopic (exact) mass is 536 g/mol. The van der Waals surface area contributed by atoms with Crippen molar-refractivity contribution in [2.24, 2.45) is 34.5 Å². The lowest BCUT2D eigenvalue weighted by Crippen LogP contribution is -2.50. The summed E-state index contributed by atoms with van der Waals surface area (Å²) in [5.74, 6) is 2.12. The Morgan fingerprint density at radius 2 is 1.82 bits per heavy atom. The number of alkyl halides is 1. The number of hydrogen-bond acceptors (Lipinski definition) is 4. The Kier molecular flexibility index (Phi) is 8.66. The van der Waals surface area contributed by atoms with Gasteiger partial charge in [-0.1, -0.05) is 51.5 Å². The summed E-state index contributed by atoms with van der Waals surface area (Å²) in [6.45, 7) is 10.8. The SMILES string of the molecule is CC.CC12CCC(OC(=O)C3CCN(CCF)CC3)CC1=CCC1[C@@H]2CCC2(C)C(c3cccnc3)=CC[C@@H]12. The number of ether oxygens (including phenoxy) is 1. The van der Waals surface area contributed by atoms with Crippen LogP contribution in [-0.4, -0.2) is 48.3 Å². The van der Waals surface area contributed by atoms with Gasteiger partial charge in [-0.05, 0) is 110 Å². The van der Waals surface area contributed by atoms with E-state index in [0.29, 0.717) is 12.5 Å². The predicted molar refractivity (Wildman–Crippen MR) is 156 cm³/mol. The number of carbonyl (C=O) groups is 1. The summed E-state index contributed by atoms with van der Waals surface area (Å²) < 4.78 is 18.8. The molecule has 0 aromatic carbocycles. The van der Waals surface area contributed by atoms with Crippen LogP contribution in [-0.2, 0) is 9.53 Å². The van der Waals surface area contributed by atoms with Crippen molar-refractivity contribution in [3.05, 3.63) is 47.8 Å². The zero-order chi connectivity index (χ0) is 27.6. The molecule has 6 atom stereocenters. The second kappa shape index (κ2) is 11.8. The lowest BCUT2D eigenvalue weighted by Gasteiger charge is -2.58. The molecule has 6 rings (SSSR count). The highest BCUT2D eigenvalue weighted by molar-refractivity contribution is 5.73. The lowest BCUT2D eigenvalue weighted by atomic mass is 9.47. The highest BCUT2D eigenvalue weighted by Crippen LogP contribution is 2.66. The van der Waals surface area contributed by atoms with Gasteiger partial charge in [0.05, 0.1) is 5.92 Å². The van der Waals surface area contributed by atoms with E-state index in [4.69, 9.17) is 4.74 Å². The molecule has 2 heterocycles. The maximum Gasteiger partial charge on any atom is 0.309 e. The van der Waals surface area contributed by atoms with Crippen molar-refractivity contribution in [2.75, 3.05) is 26.3 Å². The average molecular weight is 537 g/mol. The van der Waals surface area contributed by atoms with Gasteiger partial charge in [0.2, 0.25) is 0 Å². The lowest BCUT2D eigenvalue weighted by molar-refractivity contribution is -0.158. The van der Waals surface area contributed by atoms with Crippen LogP contribution in [0.3, 0.4) is 0 Å². The standard InChI is InChI=1S/C32H43FN2O2.C2H6/c1-31-13-9-25(37-30(36)22-11-17-35(18-12-22)19-15-33)20-24(31)5-6-26-28-8-7-27(23-4-3-16-34-21-23)32(28,2)14-10-29(26)31;1-2/h3-5,7,16,21-22,25-26,28-29H,6,8-15,17-20H2,1-2H3;1-2H3/t25?,26?,28-,29-,31?,32?;/m0./s1. The van der Waals surface area contributed by atoms with Gasteiger partial charge >= 0.3 is 5.97 Å². The first kappa shape index (κ1) is 28.5. The predicted octanol–water partition coefficient (Wildman–Crippen LogP) is 7.66. The smallest absolute Gasteiger partial charge is 0.309 e. The second-order valence-electron chi connectivity index (χ2n) is 12.9. The van der Waals surface area contributed by atoms with Crippen molar-refractivity contribution >= 4 is 11.5 Å². The summed E-state index contributed by atoms with van der Waals surface area (Å²) in [6.07, 6.45) is 18.5. The molecule has 2 saturated carbocycles. The molecule has 1 aromatic rings. The summed E-state index contributed by atoms with van der Waals surface area (Å²) in [5.41, 5.74) is 4.87. The van der Waals surface area contributed by atoms with Crippen molar-refractivity contribution < 1.29 is 13.9 Å². The number of halogens is 1. The first-order valence-electron chi connectivity index (χ1n) is 15.7. The van der Waals surface area contributed by atoms with E-state index in [-0.39, 0.29) is 35.5 Å². The number of likely N-dealkylation sites (tertiary alicyclic amines) is 1. The fourth-order valence-electron chi connectivity index (χ4n) is 9.04. The molecule has 1 saturated heterocycles. The number of piperidine rings is 1. The molecule has 1 aliphatic heterocycles. The number of hydrogen-bond donors (Lipinski definition) is 0. The minimum absolute atomic E-state index is 0.0174. The van der Waals surface area contributed by atoms with Crippen LogP contribution in [0.1, 0.15) is 91.0 Å². The molecule has 0 spiro atoms. The molecule has 5 aliphatic rings. The second-order valence-corrected chi connectivity index (χ2v) is 12.9. The fourth-order valence-corrected chi connectivity index (χ4v) is 9.04. The number of rotatable bonds is 5. The molecular formula is C34H49FN2O2. The van der Waals surface area contributed by atoms with Crippen molar-refractivity contribution in [1.29, 1.82) is 0 Å². The molecule has 0 radical (unpaired) electrons. The van der Waals surface area contributed by atoms with Crippen molar-refractivity contribution in [3.63, 3.8) is 0 Å². The largest absolute Gasteiger partial charge is 0.462 e. The molecule has 0 amide bonds. The van der Waals surface area contributed by atoms with E-state index in [2.05, 4.69) is 48.0 Å². The highest BCUT2D eigenvalue weighted by Gasteiger charge is 2.57. The van der Waals surface area contributed by atoms with Crippen LogP contribution in [0.2, 0.25) is 0 Å². The maximum atomic E-state index is 13.0. The number of nitrogens with zero attached hydrogens (tertiary/aromatic N) is 2. The fraction of sp³-hybridized carbons (Fsp3) is 0.706. The van der Waals surface area contributed by atoms with Crippen LogP contribution in [0.4, 0.5) is 4.39 Å². The van der Waals surface area contributed by atoms with Gasteiger partial charge < -0.3 is 9.64 Å². The number of esters is 1. The Morgan fingerprint density at radius 3 is 2.54 bits per heavy atom. The Hall–Kier alpha value is -2.01. The van der Waals surface area contributed by atoms with E-state index in [1.807, 2.05) is 26.2 Å². The van der Waals surface area contributed by atoms with Crippen LogP contribution in [0, 0.1) is 34.5 Å². The van der Waals surface area contributed by atoms with Gasteiger partial charge in [0.25, 0.3) is 0 Å². The Bertz CT molecular complexity index is 1060. The zero-order valence-electron chi connectivity index (χ0n) is 24.6. The maximum absolute atomic E-state index is 13.0. The quantitative estimate of drug-likeness (QED) is 0.286. The van der Waals surface area contributed by atoms with Gasteiger partial charge in [0.1, 0.15) is 12.8 Å². The van der Waals surface area contributed by atoms with E-state index in [1.165, 1.54) is 30.4 Å². The molecule has 4 unspecified atom stereocenters. The Balaban J connectivity index is 0.00000151. The zero-order valence-corrected chi connectivity index (χ0v) is 24.6. The molecule has 214 valence electrons. The molecule has 5 heteroatoms. The molecule has 39 heavy (non-hydrogen) atoms. The topological polar surface area (TPSA) is 42.4 Å². The van der Waals surface area contributed by atoms with Gasteiger partial charge in [-0.3, -0.25) is 9.78 Å². The van der Waals surface area contributed by atoms with Gasteiger partial charge in [-0.25, -0.2) is 4.39 Å². The molecule has 0 bridgehead atoms. The number of aromatic nitrogens is 1. The molecule has 4 nitrogen and oxygen atoms in total. The van der Waals surface area contributed by atoms with Crippen LogP contribution < -0.4 is 0 Å². The first-order chi connectivity index (χ1) is 18.9. The number of fused-ring (bicyclic) bond motifs is 5. The highest BCUT2D eigenvalue weighted by atomic mass is 19.1. The third-order valence-electron chi connectivity index (χ3n) is 11.2. The molecule has 0 N–H and O–H groups in total. The molecule has 3 fully saturated rings. The third-order valence-corrected chi connectivity index (χ3v) is 11.2. The van der Waals surface area contributed by atoms with Crippen molar-refractivity contribution in [3.8, 4) is 0 Å². The minimum Gasteiger partial charge on any atom is -0.462 e. The van der Waals surface area contributed by atoms with Crippen LogP contribution in [0.5, 0.6) is 0 Å². The normalized spacial score (nSPS) is 36.3. The molecular weight excluding hydrogens is 487 g/mol.